The molecule has 0 aliphatic rings. The van der Waals surface area contributed by atoms with Gasteiger partial charge in [0, 0.05) is 18.7 Å². The number of aliphatic carboxylic acids is 1. The summed E-state index contributed by atoms with van der Waals surface area (Å²) in [5.74, 6) is -1.02. The Bertz CT molecular complexity index is 584. The van der Waals surface area contributed by atoms with Gasteiger partial charge in [0.25, 0.3) is 0 Å². The standard InChI is InChI=1S/C14H16N4O3/c19-13(9-17-11-15-10-16-17)18(8-4-7-14(20)21)12-5-2-1-3-6-12/h1-3,5-6,10-11H,4,7-9H2,(H,20,21). The van der Waals surface area contributed by atoms with E-state index >= 15 is 0 Å². The lowest BCUT2D eigenvalue weighted by Crippen LogP contribution is -2.35. The second-order valence-corrected chi connectivity index (χ2v) is 4.47. The molecule has 0 unspecified atom stereocenters. The summed E-state index contributed by atoms with van der Waals surface area (Å²) in [7, 11) is 0. The predicted molar refractivity (Wildman–Crippen MR) is 75.7 cm³/mol. The van der Waals surface area contributed by atoms with E-state index in [4.69, 9.17) is 5.11 Å². The molecule has 110 valence electrons. The summed E-state index contributed by atoms with van der Waals surface area (Å²) in [6.45, 7) is 0.422. The number of carbonyl (C=O) groups is 2. The molecule has 2 rings (SSSR count). The Hall–Kier alpha value is -2.70. The van der Waals surface area contributed by atoms with Crippen molar-refractivity contribution in [3.63, 3.8) is 0 Å². The van der Waals surface area contributed by atoms with Crippen LogP contribution < -0.4 is 4.90 Å². The van der Waals surface area contributed by atoms with E-state index in [2.05, 4.69) is 10.1 Å². The third-order valence-electron chi connectivity index (χ3n) is 2.91. The van der Waals surface area contributed by atoms with Gasteiger partial charge in [0.1, 0.15) is 19.2 Å². The minimum Gasteiger partial charge on any atom is -0.481 e. The molecule has 21 heavy (non-hydrogen) atoms. The smallest absolute Gasteiger partial charge is 0.303 e. The van der Waals surface area contributed by atoms with Gasteiger partial charge in [0.15, 0.2) is 0 Å². The number of hydrogen-bond donors (Lipinski definition) is 1. The van der Waals surface area contributed by atoms with Gasteiger partial charge in [0.2, 0.25) is 5.91 Å². The van der Waals surface area contributed by atoms with Gasteiger partial charge >= 0.3 is 5.97 Å². The van der Waals surface area contributed by atoms with Crippen LogP contribution >= 0.6 is 0 Å². The number of aromatic nitrogens is 3. The molecule has 0 saturated heterocycles. The predicted octanol–water partition coefficient (Wildman–Crippen LogP) is 1.18. The zero-order valence-electron chi connectivity index (χ0n) is 11.4. The molecule has 1 N–H and O–H groups in total. The van der Waals surface area contributed by atoms with E-state index in [1.807, 2.05) is 30.3 Å². The Morgan fingerprint density at radius 1 is 1.24 bits per heavy atom. The van der Waals surface area contributed by atoms with Gasteiger partial charge in [-0.15, -0.1) is 0 Å². The quantitative estimate of drug-likeness (QED) is 0.826. The zero-order chi connectivity index (χ0) is 15.1. The first-order chi connectivity index (χ1) is 10.2. The van der Waals surface area contributed by atoms with Crippen LogP contribution in [0.4, 0.5) is 5.69 Å². The first-order valence-electron chi connectivity index (χ1n) is 6.56. The number of anilines is 1. The van der Waals surface area contributed by atoms with Crippen molar-refractivity contribution in [3.8, 4) is 0 Å². The lowest BCUT2D eigenvalue weighted by atomic mass is 10.2. The van der Waals surface area contributed by atoms with Gasteiger partial charge in [0.05, 0.1) is 0 Å². The molecule has 1 aromatic heterocycles. The number of carboxylic acids is 1. The van der Waals surface area contributed by atoms with Crippen LogP contribution in [0.5, 0.6) is 0 Å². The van der Waals surface area contributed by atoms with Crippen LogP contribution in [0.15, 0.2) is 43.0 Å². The zero-order valence-corrected chi connectivity index (χ0v) is 11.4. The number of nitrogens with zero attached hydrogens (tertiary/aromatic N) is 4. The normalized spacial score (nSPS) is 10.3. The van der Waals surface area contributed by atoms with Crippen molar-refractivity contribution in [2.75, 3.05) is 11.4 Å². The number of hydrogen-bond acceptors (Lipinski definition) is 4. The molecule has 0 aliphatic heterocycles. The minimum atomic E-state index is -0.869. The fourth-order valence-electron chi connectivity index (χ4n) is 1.93. The van der Waals surface area contributed by atoms with Crippen LogP contribution in [0.3, 0.4) is 0 Å². The highest BCUT2D eigenvalue weighted by atomic mass is 16.4. The summed E-state index contributed by atoms with van der Waals surface area (Å²) in [5.41, 5.74) is 0.744. The maximum Gasteiger partial charge on any atom is 0.303 e. The van der Waals surface area contributed by atoms with Crippen molar-refractivity contribution in [1.82, 2.24) is 14.8 Å². The van der Waals surface area contributed by atoms with Crippen LogP contribution in [-0.2, 0) is 16.1 Å². The third kappa shape index (κ3) is 4.41. The Morgan fingerprint density at radius 3 is 2.62 bits per heavy atom. The van der Waals surface area contributed by atoms with Crippen LogP contribution in [0, 0.1) is 0 Å². The second-order valence-electron chi connectivity index (χ2n) is 4.47. The molecule has 1 heterocycles. The largest absolute Gasteiger partial charge is 0.481 e. The van der Waals surface area contributed by atoms with E-state index in [9.17, 15) is 9.59 Å². The molecule has 7 heteroatoms. The van der Waals surface area contributed by atoms with Crippen molar-refractivity contribution in [2.24, 2.45) is 0 Å². The summed E-state index contributed by atoms with van der Waals surface area (Å²) in [4.78, 5) is 28.4. The van der Waals surface area contributed by atoms with E-state index < -0.39 is 5.97 Å². The molecule has 0 atom stereocenters. The molecule has 0 bridgehead atoms. The summed E-state index contributed by atoms with van der Waals surface area (Å²) in [6, 6.07) is 9.17. The first-order valence-corrected chi connectivity index (χ1v) is 6.56. The van der Waals surface area contributed by atoms with E-state index in [1.54, 1.807) is 4.90 Å². The van der Waals surface area contributed by atoms with Gasteiger partial charge < -0.3 is 10.0 Å². The number of amides is 1. The number of benzene rings is 1. The summed E-state index contributed by atoms with van der Waals surface area (Å²) in [6.07, 6.45) is 3.26. The first kappa shape index (κ1) is 14.7. The van der Waals surface area contributed by atoms with E-state index in [0.717, 1.165) is 5.69 Å². The number of rotatable bonds is 7. The third-order valence-corrected chi connectivity index (χ3v) is 2.91. The Balaban J connectivity index is 2.07. The van der Waals surface area contributed by atoms with E-state index in [-0.39, 0.29) is 18.9 Å². The van der Waals surface area contributed by atoms with Gasteiger partial charge in [-0.3, -0.25) is 9.59 Å². The van der Waals surface area contributed by atoms with Crippen molar-refractivity contribution >= 4 is 17.6 Å². The second kappa shape index (κ2) is 7.18. The van der Waals surface area contributed by atoms with Gasteiger partial charge in [-0.25, -0.2) is 9.67 Å². The summed E-state index contributed by atoms with van der Waals surface area (Å²) in [5, 5.41) is 12.6. The fourth-order valence-corrected chi connectivity index (χ4v) is 1.93. The van der Waals surface area contributed by atoms with Crippen molar-refractivity contribution in [1.29, 1.82) is 0 Å². The van der Waals surface area contributed by atoms with Crippen molar-refractivity contribution in [3.05, 3.63) is 43.0 Å². The van der Waals surface area contributed by atoms with Crippen LogP contribution in [0.1, 0.15) is 12.8 Å². The Morgan fingerprint density at radius 2 is 2.00 bits per heavy atom. The SMILES string of the molecule is O=C(O)CCCN(C(=O)Cn1cncn1)c1ccccc1. The van der Waals surface area contributed by atoms with Gasteiger partial charge in [-0.1, -0.05) is 18.2 Å². The Labute approximate surface area is 121 Å². The average molecular weight is 288 g/mol. The maximum atomic E-state index is 12.4. The summed E-state index contributed by atoms with van der Waals surface area (Å²) >= 11 is 0. The average Bonchev–Trinajstić information content (AvgIpc) is 2.97. The molecule has 0 spiro atoms. The number of para-hydroxylation sites is 1. The lowest BCUT2D eigenvalue weighted by Gasteiger charge is -2.22. The van der Waals surface area contributed by atoms with Crippen LogP contribution in [0.2, 0.25) is 0 Å². The molecule has 1 amide bonds. The minimum absolute atomic E-state index is 0.0277. The van der Waals surface area contributed by atoms with E-state index in [1.165, 1.54) is 17.3 Å². The molecule has 0 saturated carbocycles. The maximum absolute atomic E-state index is 12.4. The number of carboxylic acid groups (broad SMARTS) is 1. The van der Waals surface area contributed by atoms with E-state index in [0.29, 0.717) is 13.0 Å². The molecule has 0 aliphatic carbocycles. The highest BCUT2D eigenvalue weighted by Crippen LogP contribution is 2.15. The van der Waals surface area contributed by atoms with Crippen molar-refractivity contribution in [2.45, 2.75) is 19.4 Å². The van der Waals surface area contributed by atoms with Crippen LogP contribution in [-0.4, -0.2) is 38.3 Å². The topological polar surface area (TPSA) is 88.3 Å². The molecular weight excluding hydrogens is 272 g/mol. The Kier molecular flexibility index (Phi) is 5.03. The monoisotopic (exact) mass is 288 g/mol. The molecule has 0 fully saturated rings. The lowest BCUT2D eigenvalue weighted by molar-refractivity contribution is -0.137. The van der Waals surface area contributed by atoms with Crippen LogP contribution in [0.25, 0.3) is 0 Å². The van der Waals surface area contributed by atoms with Gasteiger partial charge in [-0.05, 0) is 18.6 Å². The highest BCUT2D eigenvalue weighted by molar-refractivity contribution is 5.93. The van der Waals surface area contributed by atoms with Gasteiger partial charge in [-0.2, -0.15) is 5.10 Å². The van der Waals surface area contributed by atoms with Crippen molar-refractivity contribution < 1.29 is 14.7 Å². The molecule has 1 aromatic carbocycles. The highest BCUT2D eigenvalue weighted by Gasteiger charge is 2.16. The molecule has 2 aromatic rings. The summed E-state index contributed by atoms with van der Waals surface area (Å²) < 4.78 is 1.44. The molecule has 0 radical (unpaired) electrons. The molecular formula is C14H16N4O3. The number of carbonyl (C=O) groups excluding carboxylic acids is 1. The fraction of sp³-hybridized carbons (Fsp3) is 0.286. The molecule has 7 nitrogen and oxygen atoms in total.